The number of carboxylic acids is 1. The molecule has 1 atom stereocenters. The number of carbonyl (C=O) groups is 2. The Balaban J connectivity index is 2.70. The van der Waals surface area contributed by atoms with Crippen molar-refractivity contribution in [3.05, 3.63) is 24.0 Å². The highest BCUT2D eigenvalue weighted by atomic mass is 16.4. The zero-order valence-corrected chi connectivity index (χ0v) is 9.64. The standard InChI is InChI=1S/C12H17NO3/c1-3-4-11(14)10-5-6-13(8-10)9(2)7-12(15)16/h5-6,8-9H,3-4,7H2,1-2H3,(H,15,16). The summed E-state index contributed by atoms with van der Waals surface area (Å²) in [4.78, 5) is 22.1. The molecule has 16 heavy (non-hydrogen) atoms. The van der Waals surface area contributed by atoms with Crippen molar-refractivity contribution in [3.8, 4) is 0 Å². The van der Waals surface area contributed by atoms with Gasteiger partial charge in [0, 0.05) is 30.4 Å². The number of aliphatic carboxylic acids is 1. The highest BCUT2D eigenvalue weighted by Gasteiger charge is 2.12. The van der Waals surface area contributed by atoms with Gasteiger partial charge in [0.05, 0.1) is 6.42 Å². The van der Waals surface area contributed by atoms with Crippen LogP contribution in [0.15, 0.2) is 18.5 Å². The lowest BCUT2D eigenvalue weighted by atomic mass is 10.1. The van der Waals surface area contributed by atoms with E-state index in [1.54, 1.807) is 23.0 Å². The second-order valence-corrected chi connectivity index (χ2v) is 3.97. The summed E-state index contributed by atoms with van der Waals surface area (Å²) in [6, 6.07) is 1.62. The minimum Gasteiger partial charge on any atom is -0.481 e. The molecule has 0 aliphatic heterocycles. The molecule has 1 rings (SSSR count). The van der Waals surface area contributed by atoms with Crippen LogP contribution in [-0.4, -0.2) is 21.4 Å². The van der Waals surface area contributed by atoms with Gasteiger partial charge >= 0.3 is 5.97 Å². The fourth-order valence-corrected chi connectivity index (χ4v) is 1.58. The van der Waals surface area contributed by atoms with E-state index in [0.717, 1.165) is 6.42 Å². The van der Waals surface area contributed by atoms with Crippen LogP contribution < -0.4 is 0 Å². The fraction of sp³-hybridized carbons (Fsp3) is 0.500. The number of hydrogen-bond acceptors (Lipinski definition) is 2. The van der Waals surface area contributed by atoms with Crippen LogP contribution in [0.2, 0.25) is 0 Å². The molecule has 1 N–H and O–H groups in total. The molecule has 1 aromatic heterocycles. The maximum atomic E-state index is 11.6. The molecule has 4 heteroatoms. The van der Waals surface area contributed by atoms with Crippen molar-refractivity contribution < 1.29 is 14.7 Å². The van der Waals surface area contributed by atoms with Gasteiger partial charge in [0.15, 0.2) is 5.78 Å². The average molecular weight is 223 g/mol. The first kappa shape index (κ1) is 12.5. The molecule has 0 bridgehead atoms. The van der Waals surface area contributed by atoms with E-state index in [9.17, 15) is 9.59 Å². The topological polar surface area (TPSA) is 59.3 Å². The quantitative estimate of drug-likeness (QED) is 0.754. The Kier molecular flexibility index (Phi) is 4.28. The smallest absolute Gasteiger partial charge is 0.305 e. The summed E-state index contributed by atoms with van der Waals surface area (Å²) in [5.74, 6) is -0.716. The number of rotatable bonds is 6. The zero-order valence-electron chi connectivity index (χ0n) is 9.64. The van der Waals surface area contributed by atoms with Crippen molar-refractivity contribution >= 4 is 11.8 Å². The zero-order chi connectivity index (χ0) is 12.1. The van der Waals surface area contributed by atoms with Gasteiger partial charge in [-0.25, -0.2) is 0 Å². The van der Waals surface area contributed by atoms with Gasteiger partial charge in [-0.1, -0.05) is 6.92 Å². The second-order valence-electron chi connectivity index (χ2n) is 3.97. The number of Topliss-reactive ketones (excluding diaryl/α,β-unsaturated/α-hetero) is 1. The van der Waals surface area contributed by atoms with Crippen LogP contribution in [0, 0.1) is 0 Å². The average Bonchev–Trinajstić information content (AvgIpc) is 2.65. The lowest BCUT2D eigenvalue weighted by Gasteiger charge is -2.10. The third-order valence-corrected chi connectivity index (χ3v) is 2.49. The molecule has 88 valence electrons. The van der Waals surface area contributed by atoms with Crippen LogP contribution in [0.5, 0.6) is 0 Å². The number of aromatic nitrogens is 1. The summed E-state index contributed by atoms with van der Waals surface area (Å²) < 4.78 is 1.77. The first-order chi connectivity index (χ1) is 7.54. The van der Waals surface area contributed by atoms with Crippen LogP contribution >= 0.6 is 0 Å². The number of carbonyl (C=O) groups excluding carboxylic acids is 1. The van der Waals surface area contributed by atoms with E-state index in [-0.39, 0.29) is 18.2 Å². The van der Waals surface area contributed by atoms with Gasteiger partial charge in [0.25, 0.3) is 0 Å². The van der Waals surface area contributed by atoms with E-state index in [1.807, 2.05) is 13.8 Å². The Hall–Kier alpha value is -1.58. The molecule has 1 heterocycles. The van der Waals surface area contributed by atoms with Crippen LogP contribution in [-0.2, 0) is 4.79 Å². The van der Waals surface area contributed by atoms with Gasteiger partial charge in [-0.3, -0.25) is 9.59 Å². The maximum Gasteiger partial charge on any atom is 0.305 e. The van der Waals surface area contributed by atoms with Gasteiger partial charge < -0.3 is 9.67 Å². The Morgan fingerprint density at radius 1 is 1.50 bits per heavy atom. The first-order valence-corrected chi connectivity index (χ1v) is 5.47. The third-order valence-electron chi connectivity index (χ3n) is 2.49. The number of hydrogen-bond donors (Lipinski definition) is 1. The number of ketones is 1. The molecule has 0 aliphatic carbocycles. The fourth-order valence-electron chi connectivity index (χ4n) is 1.58. The molecule has 0 aliphatic rings. The van der Waals surface area contributed by atoms with Crippen molar-refractivity contribution in [3.63, 3.8) is 0 Å². The molecule has 0 radical (unpaired) electrons. The largest absolute Gasteiger partial charge is 0.481 e. The van der Waals surface area contributed by atoms with Crippen molar-refractivity contribution in [1.29, 1.82) is 0 Å². The predicted molar refractivity (Wildman–Crippen MR) is 60.6 cm³/mol. The Labute approximate surface area is 94.9 Å². The van der Waals surface area contributed by atoms with Crippen molar-refractivity contribution in [1.82, 2.24) is 4.57 Å². The Morgan fingerprint density at radius 2 is 2.19 bits per heavy atom. The lowest BCUT2D eigenvalue weighted by molar-refractivity contribution is -0.137. The molecular weight excluding hydrogens is 206 g/mol. The highest BCUT2D eigenvalue weighted by Crippen LogP contribution is 2.14. The van der Waals surface area contributed by atoms with Crippen molar-refractivity contribution in [2.45, 2.75) is 39.2 Å². The molecule has 0 saturated carbocycles. The number of nitrogens with zero attached hydrogens (tertiary/aromatic N) is 1. The van der Waals surface area contributed by atoms with E-state index in [1.165, 1.54) is 0 Å². The third kappa shape index (κ3) is 3.22. The van der Waals surface area contributed by atoms with Gasteiger partial charge in [0.2, 0.25) is 0 Å². The lowest BCUT2D eigenvalue weighted by Crippen LogP contribution is -2.08. The second kappa shape index (κ2) is 5.49. The minimum absolute atomic E-state index is 0.0656. The number of carboxylic acid groups (broad SMARTS) is 1. The van der Waals surface area contributed by atoms with Crippen LogP contribution in [0.3, 0.4) is 0 Å². The minimum atomic E-state index is -0.831. The maximum absolute atomic E-state index is 11.6. The van der Waals surface area contributed by atoms with Crippen LogP contribution in [0.4, 0.5) is 0 Å². The molecule has 0 amide bonds. The molecule has 0 spiro atoms. The van der Waals surface area contributed by atoms with Gasteiger partial charge in [0.1, 0.15) is 0 Å². The molecule has 0 saturated heterocycles. The summed E-state index contributed by atoms with van der Waals surface area (Å²) in [5, 5.41) is 8.67. The van der Waals surface area contributed by atoms with Gasteiger partial charge in [-0.15, -0.1) is 0 Å². The Bertz CT molecular complexity index is 381. The monoisotopic (exact) mass is 223 g/mol. The molecule has 1 unspecified atom stereocenters. The van der Waals surface area contributed by atoms with E-state index in [0.29, 0.717) is 12.0 Å². The molecule has 1 aromatic rings. The van der Waals surface area contributed by atoms with E-state index >= 15 is 0 Å². The first-order valence-electron chi connectivity index (χ1n) is 5.47. The summed E-state index contributed by atoms with van der Waals surface area (Å²) in [5.41, 5.74) is 0.666. The molecule has 4 nitrogen and oxygen atoms in total. The molecule has 0 aromatic carbocycles. The van der Waals surface area contributed by atoms with Crippen LogP contribution in [0.1, 0.15) is 49.5 Å². The summed E-state index contributed by atoms with van der Waals surface area (Å²) in [6.45, 7) is 3.78. The summed E-state index contributed by atoms with van der Waals surface area (Å²) >= 11 is 0. The van der Waals surface area contributed by atoms with E-state index < -0.39 is 5.97 Å². The molecular formula is C12H17NO3. The van der Waals surface area contributed by atoms with Crippen molar-refractivity contribution in [2.75, 3.05) is 0 Å². The SMILES string of the molecule is CCCC(=O)c1ccn(C(C)CC(=O)O)c1. The highest BCUT2D eigenvalue weighted by molar-refractivity contribution is 5.95. The Morgan fingerprint density at radius 3 is 2.75 bits per heavy atom. The normalized spacial score (nSPS) is 12.4. The van der Waals surface area contributed by atoms with Crippen molar-refractivity contribution in [2.24, 2.45) is 0 Å². The predicted octanol–water partition coefficient (Wildman–Crippen LogP) is 2.51. The van der Waals surface area contributed by atoms with E-state index in [4.69, 9.17) is 5.11 Å². The summed E-state index contributed by atoms with van der Waals surface area (Å²) in [7, 11) is 0. The van der Waals surface area contributed by atoms with Gasteiger partial charge in [-0.05, 0) is 19.4 Å². The van der Waals surface area contributed by atoms with E-state index in [2.05, 4.69) is 0 Å². The van der Waals surface area contributed by atoms with Gasteiger partial charge in [-0.2, -0.15) is 0 Å². The summed E-state index contributed by atoms with van der Waals surface area (Å²) in [6.07, 6.45) is 4.92. The van der Waals surface area contributed by atoms with Crippen LogP contribution in [0.25, 0.3) is 0 Å². The molecule has 0 fully saturated rings.